The van der Waals surface area contributed by atoms with Crippen LogP contribution < -0.4 is 4.72 Å². The second kappa shape index (κ2) is 6.84. The van der Waals surface area contributed by atoms with Gasteiger partial charge in [-0.2, -0.15) is 0 Å². The molecule has 7 heteroatoms. The third-order valence-corrected chi connectivity index (χ3v) is 7.13. The Hall–Kier alpha value is -0.660. The number of rotatable bonds is 4. The summed E-state index contributed by atoms with van der Waals surface area (Å²) in [5, 5.41) is -0.419. The van der Waals surface area contributed by atoms with E-state index in [9.17, 15) is 13.2 Å². The number of nitrogens with zero attached hydrogens (tertiary/aromatic N) is 1. The van der Waals surface area contributed by atoms with Gasteiger partial charge in [-0.3, -0.25) is 4.79 Å². The highest BCUT2D eigenvalue weighted by Gasteiger charge is 2.40. The van der Waals surface area contributed by atoms with Gasteiger partial charge >= 0.3 is 0 Å². The van der Waals surface area contributed by atoms with Gasteiger partial charge in [-0.05, 0) is 32.1 Å². The van der Waals surface area contributed by atoms with E-state index in [1.165, 1.54) is 19.3 Å². The fourth-order valence-corrected chi connectivity index (χ4v) is 5.47. The van der Waals surface area contributed by atoms with Gasteiger partial charge in [-0.25, -0.2) is 13.1 Å². The van der Waals surface area contributed by atoms with E-state index in [0.717, 1.165) is 12.8 Å². The number of hydrogen-bond acceptors (Lipinski definition) is 4. The summed E-state index contributed by atoms with van der Waals surface area (Å²) in [4.78, 5) is 14.5. The fourth-order valence-electron chi connectivity index (χ4n) is 3.85. The average Bonchev–Trinajstić information content (AvgIpc) is 2.89. The van der Waals surface area contributed by atoms with Crippen LogP contribution in [0.15, 0.2) is 0 Å². The molecule has 0 spiro atoms. The Morgan fingerprint density at radius 3 is 2.36 bits per heavy atom. The summed E-state index contributed by atoms with van der Waals surface area (Å²) in [6.45, 7) is 1.65. The van der Waals surface area contributed by atoms with Crippen LogP contribution in [0.25, 0.3) is 0 Å². The molecule has 2 aliphatic heterocycles. The van der Waals surface area contributed by atoms with Gasteiger partial charge < -0.3 is 9.64 Å². The topological polar surface area (TPSA) is 75.7 Å². The predicted octanol–water partition coefficient (Wildman–Crippen LogP) is 1.02. The van der Waals surface area contributed by atoms with Crippen molar-refractivity contribution in [3.05, 3.63) is 0 Å². The molecule has 6 nitrogen and oxygen atoms in total. The second-order valence-corrected chi connectivity index (χ2v) is 8.63. The molecule has 1 N–H and O–H groups in total. The summed E-state index contributed by atoms with van der Waals surface area (Å²) in [5.74, 6) is -0.0254. The maximum absolute atomic E-state index is 12.5. The molecule has 1 aliphatic carbocycles. The van der Waals surface area contributed by atoms with Crippen LogP contribution in [0, 0.1) is 0 Å². The molecule has 0 bridgehead atoms. The van der Waals surface area contributed by atoms with Crippen molar-refractivity contribution in [3.63, 3.8) is 0 Å². The quantitative estimate of drug-likeness (QED) is 0.835. The van der Waals surface area contributed by atoms with Crippen molar-refractivity contribution in [2.24, 2.45) is 0 Å². The molecule has 1 atom stereocenters. The molecule has 1 saturated carbocycles. The number of carbonyl (C=O) groups excluding carboxylic acids is 1. The zero-order chi connectivity index (χ0) is 15.6. The number of ether oxygens (including phenoxy) is 1. The van der Waals surface area contributed by atoms with Gasteiger partial charge in [0.25, 0.3) is 0 Å². The Labute approximate surface area is 132 Å². The first-order valence-corrected chi connectivity index (χ1v) is 10.0. The molecular formula is C15H26N2O4S. The molecule has 0 radical (unpaired) electrons. The summed E-state index contributed by atoms with van der Waals surface area (Å²) < 4.78 is 32.7. The van der Waals surface area contributed by atoms with Crippen molar-refractivity contribution in [2.45, 2.75) is 68.7 Å². The van der Waals surface area contributed by atoms with E-state index in [2.05, 4.69) is 4.72 Å². The van der Waals surface area contributed by atoms with Crippen molar-refractivity contribution in [3.8, 4) is 0 Å². The third-order valence-electron chi connectivity index (χ3n) is 5.17. The van der Waals surface area contributed by atoms with E-state index in [-0.39, 0.29) is 5.91 Å². The summed E-state index contributed by atoms with van der Waals surface area (Å²) in [5.41, 5.74) is 0. The molecule has 3 rings (SSSR count). The molecule has 3 aliphatic rings. The largest absolute Gasteiger partial charge is 0.381 e. The van der Waals surface area contributed by atoms with E-state index in [0.29, 0.717) is 45.1 Å². The van der Waals surface area contributed by atoms with Gasteiger partial charge in [0, 0.05) is 25.8 Å². The van der Waals surface area contributed by atoms with Gasteiger partial charge in [0.1, 0.15) is 6.04 Å². The number of carbonyl (C=O) groups is 1. The minimum Gasteiger partial charge on any atom is -0.381 e. The van der Waals surface area contributed by atoms with Crippen LogP contribution in [-0.2, 0) is 19.6 Å². The van der Waals surface area contributed by atoms with E-state index in [1.54, 1.807) is 0 Å². The van der Waals surface area contributed by atoms with E-state index < -0.39 is 21.3 Å². The van der Waals surface area contributed by atoms with Crippen molar-refractivity contribution in [2.75, 3.05) is 19.8 Å². The third kappa shape index (κ3) is 3.46. The molecule has 0 aromatic rings. The zero-order valence-corrected chi connectivity index (χ0v) is 13.8. The van der Waals surface area contributed by atoms with Gasteiger partial charge in [-0.15, -0.1) is 0 Å². The standard InChI is InChI=1S/C15H26N2O4S/c18-15-14(6-9-17(15)12-4-2-1-3-5-12)16-22(19,20)13-7-10-21-11-8-13/h12-14,16H,1-11H2. The van der Waals surface area contributed by atoms with Crippen molar-refractivity contribution in [1.82, 2.24) is 9.62 Å². The number of nitrogens with one attached hydrogen (secondary N) is 1. The normalized spacial score (nSPS) is 29.2. The van der Waals surface area contributed by atoms with E-state index >= 15 is 0 Å². The van der Waals surface area contributed by atoms with Gasteiger partial charge in [0.05, 0.1) is 5.25 Å². The molecule has 0 aromatic carbocycles. The monoisotopic (exact) mass is 330 g/mol. The van der Waals surface area contributed by atoms with E-state index in [4.69, 9.17) is 4.74 Å². The van der Waals surface area contributed by atoms with Crippen molar-refractivity contribution < 1.29 is 17.9 Å². The molecule has 1 amide bonds. The molecule has 0 aromatic heterocycles. The SMILES string of the molecule is O=C1C(NS(=O)(=O)C2CCOCC2)CCN1C1CCCCC1. The van der Waals surface area contributed by atoms with Crippen LogP contribution in [0.3, 0.4) is 0 Å². The Kier molecular flexibility index (Phi) is 5.04. The van der Waals surface area contributed by atoms with Crippen LogP contribution in [0.5, 0.6) is 0 Å². The Morgan fingerprint density at radius 1 is 1.00 bits per heavy atom. The molecule has 1 unspecified atom stereocenters. The molecule has 3 fully saturated rings. The fraction of sp³-hybridized carbons (Fsp3) is 0.933. The average molecular weight is 330 g/mol. The summed E-state index contributed by atoms with van der Waals surface area (Å²) >= 11 is 0. The van der Waals surface area contributed by atoms with Crippen molar-refractivity contribution >= 4 is 15.9 Å². The second-order valence-electron chi connectivity index (χ2n) is 6.64. The molecular weight excluding hydrogens is 304 g/mol. The summed E-state index contributed by atoms with van der Waals surface area (Å²) in [6, 6.07) is -0.242. The molecule has 22 heavy (non-hydrogen) atoms. The Morgan fingerprint density at radius 2 is 1.68 bits per heavy atom. The zero-order valence-electron chi connectivity index (χ0n) is 13.0. The highest BCUT2D eigenvalue weighted by Crippen LogP contribution is 2.27. The maximum Gasteiger partial charge on any atom is 0.241 e. The first-order valence-electron chi connectivity index (χ1n) is 8.47. The van der Waals surface area contributed by atoms with Crippen LogP contribution >= 0.6 is 0 Å². The lowest BCUT2D eigenvalue weighted by Gasteiger charge is -2.31. The number of likely N-dealkylation sites (tertiary alicyclic amines) is 1. The first kappa shape index (κ1) is 16.2. The first-order chi connectivity index (χ1) is 10.6. The molecule has 126 valence electrons. The molecule has 2 heterocycles. The summed E-state index contributed by atoms with van der Waals surface area (Å²) in [7, 11) is -3.43. The van der Waals surface area contributed by atoms with Gasteiger partial charge in [-0.1, -0.05) is 19.3 Å². The predicted molar refractivity (Wildman–Crippen MR) is 82.9 cm³/mol. The number of amides is 1. The van der Waals surface area contributed by atoms with E-state index in [1.807, 2.05) is 4.90 Å². The lowest BCUT2D eigenvalue weighted by molar-refractivity contribution is -0.131. The number of hydrogen-bond donors (Lipinski definition) is 1. The maximum atomic E-state index is 12.5. The van der Waals surface area contributed by atoms with Crippen molar-refractivity contribution in [1.29, 1.82) is 0 Å². The number of sulfonamides is 1. The highest BCUT2D eigenvalue weighted by molar-refractivity contribution is 7.90. The molecule has 2 saturated heterocycles. The van der Waals surface area contributed by atoms with Crippen LogP contribution in [0.1, 0.15) is 51.4 Å². The van der Waals surface area contributed by atoms with Crippen LogP contribution in [0.2, 0.25) is 0 Å². The minimum atomic E-state index is -3.43. The van der Waals surface area contributed by atoms with Crippen LogP contribution in [-0.4, -0.2) is 56.3 Å². The lowest BCUT2D eigenvalue weighted by Crippen LogP contribution is -2.48. The summed E-state index contributed by atoms with van der Waals surface area (Å²) in [6.07, 6.45) is 7.34. The smallest absolute Gasteiger partial charge is 0.241 e. The van der Waals surface area contributed by atoms with Gasteiger partial charge in [0.2, 0.25) is 15.9 Å². The Bertz CT molecular complexity index is 496. The highest BCUT2D eigenvalue weighted by atomic mass is 32.2. The van der Waals surface area contributed by atoms with Crippen LogP contribution in [0.4, 0.5) is 0 Å². The minimum absolute atomic E-state index is 0.0254. The Balaban J connectivity index is 1.60. The lowest BCUT2D eigenvalue weighted by atomic mass is 9.94. The van der Waals surface area contributed by atoms with Gasteiger partial charge in [0.15, 0.2) is 0 Å².